The summed E-state index contributed by atoms with van der Waals surface area (Å²) in [5.74, 6) is -0.670. The second-order valence-electron chi connectivity index (χ2n) is 6.37. The average molecular weight is 404 g/mol. The van der Waals surface area contributed by atoms with Crippen LogP contribution in [0.25, 0.3) is 0 Å². The highest BCUT2D eigenvalue weighted by atomic mass is 35.5. The Morgan fingerprint density at radius 3 is 2.46 bits per heavy atom. The summed E-state index contributed by atoms with van der Waals surface area (Å²) in [6.45, 7) is 3.64. The van der Waals surface area contributed by atoms with Crippen LogP contribution in [0.4, 0.5) is 0 Å². The predicted octanol–water partition coefficient (Wildman–Crippen LogP) is 2.96. The van der Waals surface area contributed by atoms with Gasteiger partial charge in [-0.15, -0.1) is 0 Å². The molecule has 0 aromatic heterocycles. The summed E-state index contributed by atoms with van der Waals surface area (Å²) in [6, 6.07) is 10.3. The van der Waals surface area contributed by atoms with E-state index in [9.17, 15) is 14.7 Å². The minimum atomic E-state index is -0.769. The van der Waals surface area contributed by atoms with Gasteiger partial charge in [0, 0.05) is 10.6 Å². The van der Waals surface area contributed by atoms with Crippen LogP contribution in [0.15, 0.2) is 47.6 Å². The summed E-state index contributed by atoms with van der Waals surface area (Å²) < 4.78 is 5.02. The van der Waals surface area contributed by atoms with Gasteiger partial charge in [-0.05, 0) is 53.9 Å². The molecule has 2 aromatic carbocycles. The summed E-state index contributed by atoms with van der Waals surface area (Å²) in [5, 5.41) is 16.7. The maximum Gasteiger partial charge on any atom is 0.262 e. The van der Waals surface area contributed by atoms with Gasteiger partial charge in [0.25, 0.3) is 11.8 Å². The Hall–Kier alpha value is -3.06. The van der Waals surface area contributed by atoms with E-state index in [0.29, 0.717) is 21.9 Å². The first kappa shape index (κ1) is 21.2. The van der Waals surface area contributed by atoms with Crippen LogP contribution < -0.4 is 15.5 Å². The molecule has 148 valence electrons. The van der Waals surface area contributed by atoms with Crippen molar-refractivity contribution < 1.29 is 19.4 Å². The molecule has 8 heteroatoms. The highest BCUT2D eigenvalue weighted by Gasteiger charge is 2.24. The van der Waals surface area contributed by atoms with E-state index in [1.807, 2.05) is 13.8 Å². The van der Waals surface area contributed by atoms with Gasteiger partial charge in [0.05, 0.1) is 13.3 Å². The number of hydrogen-bond acceptors (Lipinski definition) is 5. The SMILES string of the molecule is COc1cc(C=NNC(=O)C(NC(=O)c2ccc(Cl)cc2)C(C)C)ccc1O. The molecule has 1 unspecified atom stereocenters. The molecule has 0 radical (unpaired) electrons. The second kappa shape index (κ2) is 9.75. The van der Waals surface area contributed by atoms with Crippen LogP contribution in [0.1, 0.15) is 29.8 Å². The number of hydrogen-bond donors (Lipinski definition) is 3. The van der Waals surface area contributed by atoms with Crippen molar-refractivity contribution in [2.24, 2.45) is 11.0 Å². The zero-order chi connectivity index (χ0) is 20.7. The van der Waals surface area contributed by atoms with Crippen molar-refractivity contribution in [1.82, 2.24) is 10.7 Å². The van der Waals surface area contributed by atoms with Crippen molar-refractivity contribution in [1.29, 1.82) is 0 Å². The Labute approximate surface area is 168 Å². The number of benzene rings is 2. The number of ether oxygens (including phenoxy) is 1. The largest absolute Gasteiger partial charge is 0.504 e. The number of amides is 2. The fourth-order valence-electron chi connectivity index (χ4n) is 2.38. The zero-order valence-corrected chi connectivity index (χ0v) is 16.5. The quantitative estimate of drug-likeness (QED) is 0.488. The molecular weight excluding hydrogens is 382 g/mol. The Balaban J connectivity index is 2.02. The summed E-state index contributed by atoms with van der Waals surface area (Å²) in [6.07, 6.45) is 1.41. The van der Waals surface area contributed by atoms with Crippen LogP contribution in [-0.4, -0.2) is 36.3 Å². The van der Waals surface area contributed by atoms with Gasteiger partial charge < -0.3 is 15.2 Å². The van der Waals surface area contributed by atoms with E-state index in [4.69, 9.17) is 16.3 Å². The standard InChI is InChI=1S/C20H22ClN3O4/c1-12(2)18(23-19(26)14-5-7-15(21)8-6-14)20(27)24-22-11-13-4-9-16(25)17(10-13)28-3/h4-12,18,25H,1-3H3,(H,23,26)(H,24,27). The topological polar surface area (TPSA) is 100 Å². The lowest BCUT2D eigenvalue weighted by Gasteiger charge is -2.20. The molecular formula is C20H22ClN3O4. The fraction of sp³-hybridized carbons (Fsp3) is 0.250. The first-order valence-electron chi connectivity index (χ1n) is 8.58. The minimum absolute atomic E-state index is 0.00784. The van der Waals surface area contributed by atoms with Crippen LogP contribution in [0.3, 0.4) is 0 Å². The molecule has 0 saturated heterocycles. The van der Waals surface area contributed by atoms with E-state index in [1.54, 1.807) is 36.4 Å². The van der Waals surface area contributed by atoms with Crippen molar-refractivity contribution in [3.63, 3.8) is 0 Å². The van der Waals surface area contributed by atoms with Crippen molar-refractivity contribution >= 4 is 29.6 Å². The first-order valence-corrected chi connectivity index (χ1v) is 8.96. The smallest absolute Gasteiger partial charge is 0.262 e. The minimum Gasteiger partial charge on any atom is -0.504 e. The molecule has 0 aliphatic carbocycles. The lowest BCUT2D eigenvalue weighted by Crippen LogP contribution is -2.48. The molecule has 2 rings (SSSR count). The van der Waals surface area contributed by atoms with Gasteiger partial charge in [0.1, 0.15) is 6.04 Å². The zero-order valence-electron chi connectivity index (χ0n) is 15.8. The summed E-state index contributed by atoms with van der Waals surface area (Å²) in [5.41, 5.74) is 3.45. The lowest BCUT2D eigenvalue weighted by molar-refractivity contribution is -0.123. The number of phenols is 1. The molecule has 28 heavy (non-hydrogen) atoms. The maximum atomic E-state index is 12.4. The number of rotatable bonds is 7. The number of nitrogens with one attached hydrogen (secondary N) is 2. The normalized spacial score (nSPS) is 12.0. The third-order valence-electron chi connectivity index (χ3n) is 3.93. The Kier molecular flexibility index (Phi) is 7.40. The molecule has 0 saturated carbocycles. The number of carbonyl (C=O) groups excluding carboxylic acids is 2. The van der Waals surface area contributed by atoms with Crippen molar-refractivity contribution in [2.45, 2.75) is 19.9 Å². The van der Waals surface area contributed by atoms with Gasteiger partial charge in [0.2, 0.25) is 0 Å². The van der Waals surface area contributed by atoms with Gasteiger partial charge in [-0.2, -0.15) is 5.10 Å². The third kappa shape index (κ3) is 5.72. The predicted molar refractivity (Wildman–Crippen MR) is 108 cm³/mol. The number of phenolic OH excluding ortho intramolecular Hbond substituents is 1. The maximum absolute atomic E-state index is 12.4. The van der Waals surface area contributed by atoms with E-state index in [-0.39, 0.29) is 17.6 Å². The fourth-order valence-corrected chi connectivity index (χ4v) is 2.50. The lowest BCUT2D eigenvalue weighted by atomic mass is 10.0. The van der Waals surface area contributed by atoms with Gasteiger partial charge in [0.15, 0.2) is 11.5 Å². The Morgan fingerprint density at radius 2 is 1.86 bits per heavy atom. The van der Waals surface area contributed by atoms with Crippen LogP contribution >= 0.6 is 11.6 Å². The number of nitrogens with zero attached hydrogens (tertiary/aromatic N) is 1. The number of aromatic hydroxyl groups is 1. The van der Waals surface area contributed by atoms with E-state index in [1.165, 1.54) is 19.4 Å². The van der Waals surface area contributed by atoms with E-state index >= 15 is 0 Å². The molecule has 3 N–H and O–H groups in total. The van der Waals surface area contributed by atoms with E-state index < -0.39 is 11.9 Å². The highest BCUT2D eigenvalue weighted by Crippen LogP contribution is 2.25. The molecule has 7 nitrogen and oxygen atoms in total. The molecule has 0 aliphatic rings. The summed E-state index contributed by atoms with van der Waals surface area (Å²) >= 11 is 5.82. The van der Waals surface area contributed by atoms with Crippen molar-refractivity contribution in [2.75, 3.05) is 7.11 Å². The molecule has 0 aliphatic heterocycles. The highest BCUT2D eigenvalue weighted by molar-refractivity contribution is 6.30. The van der Waals surface area contributed by atoms with Crippen molar-refractivity contribution in [3.8, 4) is 11.5 Å². The third-order valence-corrected chi connectivity index (χ3v) is 4.19. The molecule has 1 atom stereocenters. The van der Waals surface area contributed by atoms with Crippen molar-refractivity contribution in [3.05, 3.63) is 58.6 Å². The first-order chi connectivity index (χ1) is 13.3. The molecule has 0 bridgehead atoms. The molecule has 0 spiro atoms. The van der Waals surface area contributed by atoms with E-state index in [0.717, 1.165) is 0 Å². The van der Waals surface area contributed by atoms with Gasteiger partial charge in [-0.25, -0.2) is 5.43 Å². The van der Waals surface area contributed by atoms with Crippen LogP contribution in [0.5, 0.6) is 11.5 Å². The van der Waals surface area contributed by atoms with Crippen LogP contribution in [0, 0.1) is 5.92 Å². The Bertz CT molecular complexity index is 866. The number of carbonyl (C=O) groups is 2. The molecule has 0 heterocycles. The summed E-state index contributed by atoms with van der Waals surface area (Å²) in [4.78, 5) is 24.8. The average Bonchev–Trinajstić information content (AvgIpc) is 2.67. The molecule has 0 fully saturated rings. The van der Waals surface area contributed by atoms with Crippen LogP contribution in [0.2, 0.25) is 5.02 Å². The van der Waals surface area contributed by atoms with Gasteiger partial charge in [-0.1, -0.05) is 25.4 Å². The second-order valence-corrected chi connectivity index (χ2v) is 6.80. The monoisotopic (exact) mass is 403 g/mol. The van der Waals surface area contributed by atoms with Gasteiger partial charge in [-0.3, -0.25) is 9.59 Å². The number of hydrazone groups is 1. The van der Waals surface area contributed by atoms with E-state index in [2.05, 4.69) is 15.8 Å². The molecule has 2 aromatic rings. The van der Waals surface area contributed by atoms with Crippen LogP contribution in [-0.2, 0) is 4.79 Å². The Morgan fingerprint density at radius 1 is 1.18 bits per heavy atom. The number of methoxy groups -OCH3 is 1. The molecule has 2 amide bonds. The van der Waals surface area contributed by atoms with Gasteiger partial charge >= 0.3 is 0 Å². The number of halogens is 1. The summed E-state index contributed by atoms with van der Waals surface area (Å²) in [7, 11) is 1.44.